The van der Waals surface area contributed by atoms with E-state index in [1.165, 1.54) is 0 Å². The Labute approximate surface area is 146 Å². The Morgan fingerprint density at radius 1 is 1.32 bits per heavy atom. The Bertz CT molecular complexity index is 729. The maximum absolute atomic E-state index is 12.6. The topological polar surface area (TPSA) is 91.6 Å². The largest absolute Gasteiger partial charge is 0.480 e. The molecule has 0 aliphatic carbocycles. The molecular weight excluding hydrogens is 322 g/mol. The van der Waals surface area contributed by atoms with Gasteiger partial charge in [0.05, 0.1) is 0 Å². The van der Waals surface area contributed by atoms with Gasteiger partial charge in [0.15, 0.2) is 0 Å². The monoisotopic (exact) mass is 347 g/mol. The third kappa shape index (κ3) is 3.41. The summed E-state index contributed by atoms with van der Waals surface area (Å²) in [7, 11) is 0. The van der Waals surface area contributed by atoms with Crippen molar-refractivity contribution in [3.8, 4) is 0 Å². The minimum atomic E-state index is -1.00. The number of aliphatic carboxylic acids is 1. The van der Waals surface area contributed by atoms with Crippen molar-refractivity contribution in [1.82, 2.24) is 14.8 Å². The summed E-state index contributed by atoms with van der Waals surface area (Å²) in [6, 6.07) is 4.07. The Balaban J connectivity index is 1.75. The van der Waals surface area contributed by atoms with Crippen LogP contribution in [0.5, 0.6) is 0 Å². The number of aromatic nitrogens is 1. The van der Waals surface area contributed by atoms with E-state index in [1.807, 2.05) is 24.5 Å². The predicted octanol–water partition coefficient (Wildman–Crippen LogP) is 1.48. The molecule has 25 heavy (non-hydrogen) atoms. The van der Waals surface area contributed by atoms with Crippen LogP contribution in [0.1, 0.15) is 38.3 Å². The molecule has 3 rings (SSSR count). The van der Waals surface area contributed by atoms with Crippen molar-refractivity contribution in [3.05, 3.63) is 34.2 Å². The van der Waals surface area contributed by atoms with Gasteiger partial charge in [-0.15, -0.1) is 0 Å². The summed E-state index contributed by atoms with van der Waals surface area (Å²) < 4.78 is 1.81. The number of hydrogen-bond acceptors (Lipinski definition) is 3. The lowest BCUT2D eigenvalue weighted by Crippen LogP contribution is -2.55. The molecule has 7 heteroatoms. The summed E-state index contributed by atoms with van der Waals surface area (Å²) in [5, 5.41) is 12.1. The van der Waals surface area contributed by atoms with Crippen LogP contribution in [-0.2, 0) is 11.3 Å². The number of nitrogens with one attached hydrogen (secondary N) is 1. The van der Waals surface area contributed by atoms with Crippen LogP contribution in [0.4, 0.5) is 4.79 Å². The van der Waals surface area contributed by atoms with Crippen LogP contribution in [0.25, 0.3) is 0 Å². The molecule has 1 saturated heterocycles. The highest BCUT2D eigenvalue weighted by atomic mass is 16.4. The standard InChI is InChI=1S/C18H25N3O4/c1-3-11(2)16(17(23)24)19-18(25)20-8-12-7-13(10-20)14-5-4-6-15(22)21(14)9-12/h4-6,11-13,16H,3,7-10H2,1-2H3,(H,19,25)(H,23,24)/t11-,12+,13+,16+/m0/s1. The number of carboxylic acids is 1. The average Bonchev–Trinajstić information content (AvgIpc) is 2.59. The second kappa shape index (κ2) is 6.90. The first-order valence-electron chi connectivity index (χ1n) is 8.88. The highest BCUT2D eigenvalue weighted by Crippen LogP contribution is 2.34. The molecule has 1 fully saturated rings. The van der Waals surface area contributed by atoms with Gasteiger partial charge in [-0.1, -0.05) is 26.3 Å². The first-order valence-corrected chi connectivity index (χ1v) is 8.88. The van der Waals surface area contributed by atoms with Crippen LogP contribution < -0.4 is 10.9 Å². The van der Waals surface area contributed by atoms with E-state index in [0.29, 0.717) is 26.1 Å². The smallest absolute Gasteiger partial charge is 0.326 e. The Morgan fingerprint density at radius 2 is 2.08 bits per heavy atom. The normalized spacial score (nSPS) is 24.2. The molecule has 2 amide bonds. The number of amides is 2. The number of rotatable bonds is 4. The maximum atomic E-state index is 12.6. The van der Waals surface area contributed by atoms with E-state index >= 15 is 0 Å². The molecule has 4 atom stereocenters. The highest BCUT2D eigenvalue weighted by Gasteiger charge is 2.37. The second-order valence-corrected chi connectivity index (χ2v) is 7.25. The van der Waals surface area contributed by atoms with Crippen molar-refractivity contribution in [1.29, 1.82) is 0 Å². The zero-order chi connectivity index (χ0) is 18.1. The Morgan fingerprint density at radius 3 is 2.76 bits per heavy atom. The molecule has 0 saturated carbocycles. The number of hydrogen-bond donors (Lipinski definition) is 2. The molecule has 0 spiro atoms. The highest BCUT2D eigenvalue weighted by molar-refractivity contribution is 5.83. The first kappa shape index (κ1) is 17.5. The Kier molecular flexibility index (Phi) is 4.83. The molecule has 1 aromatic heterocycles. The summed E-state index contributed by atoms with van der Waals surface area (Å²) >= 11 is 0. The predicted molar refractivity (Wildman–Crippen MR) is 92.5 cm³/mol. The lowest BCUT2D eigenvalue weighted by atomic mass is 9.83. The minimum Gasteiger partial charge on any atom is -0.480 e. The molecule has 0 aromatic carbocycles. The fourth-order valence-electron chi connectivity index (χ4n) is 3.97. The number of carboxylic acid groups (broad SMARTS) is 1. The molecule has 1 aromatic rings. The fraction of sp³-hybridized carbons (Fsp3) is 0.611. The van der Waals surface area contributed by atoms with Crippen LogP contribution >= 0.6 is 0 Å². The van der Waals surface area contributed by atoms with Gasteiger partial charge in [-0.25, -0.2) is 9.59 Å². The van der Waals surface area contributed by atoms with E-state index in [-0.39, 0.29) is 29.3 Å². The maximum Gasteiger partial charge on any atom is 0.326 e. The molecule has 7 nitrogen and oxygen atoms in total. The van der Waals surface area contributed by atoms with Crippen molar-refractivity contribution in [2.24, 2.45) is 11.8 Å². The number of pyridine rings is 1. The average molecular weight is 347 g/mol. The SMILES string of the molecule is CC[C@H](C)[C@@H](NC(=O)N1C[C@H]2C[C@H](C1)c1cccc(=O)n1C2)C(=O)O. The zero-order valence-corrected chi connectivity index (χ0v) is 14.6. The summed E-state index contributed by atoms with van der Waals surface area (Å²) in [5.74, 6) is -0.787. The van der Waals surface area contributed by atoms with Gasteiger partial charge in [-0.3, -0.25) is 4.79 Å². The summed E-state index contributed by atoms with van der Waals surface area (Å²) in [5.41, 5.74) is 0.978. The molecule has 0 unspecified atom stereocenters. The summed E-state index contributed by atoms with van der Waals surface area (Å²) in [4.78, 5) is 37.8. The van der Waals surface area contributed by atoms with Gasteiger partial charge in [0.2, 0.25) is 0 Å². The molecule has 2 bridgehead atoms. The van der Waals surface area contributed by atoms with E-state index in [1.54, 1.807) is 17.0 Å². The number of carbonyl (C=O) groups is 2. The number of carbonyl (C=O) groups excluding carboxylic acids is 1. The van der Waals surface area contributed by atoms with Crippen LogP contribution in [0, 0.1) is 11.8 Å². The van der Waals surface area contributed by atoms with Crippen molar-refractivity contribution in [3.63, 3.8) is 0 Å². The van der Waals surface area contributed by atoms with E-state index in [2.05, 4.69) is 5.32 Å². The summed E-state index contributed by atoms with van der Waals surface area (Å²) in [6.45, 7) is 5.41. The van der Waals surface area contributed by atoms with E-state index in [0.717, 1.165) is 12.1 Å². The van der Waals surface area contributed by atoms with Crippen LogP contribution in [0.15, 0.2) is 23.0 Å². The lowest BCUT2D eigenvalue weighted by Gasteiger charge is -2.43. The molecular formula is C18H25N3O4. The van der Waals surface area contributed by atoms with Crippen LogP contribution in [0.3, 0.4) is 0 Å². The fourth-order valence-corrected chi connectivity index (χ4v) is 3.97. The molecule has 3 heterocycles. The lowest BCUT2D eigenvalue weighted by molar-refractivity contribution is -0.140. The molecule has 2 aliphatic heterocycles. The minimum absolute atomic E-state index is 0.00723. The van der Waals surface area contributed by atoms with Crippen molar-refractivity contribution >= 4 is 12.0 Å². The molecule has 2 N–H and O–H groups in total. The number of fused-ring (bicyclic) bond motifs is 4. The van der Waals surface area contributed by atoms with Crippen LogP contribution in [0.2, 0.25) is 0 Å². The third-order valence-electron chi connectivity index (χ3n) is 5.52. The van der Waals surface area contributed by atoms with Gasteiger partial charge in [-0.05, 0) is 24.3 Å². The van der Waals surface area contributed by atoms with Gasteiger partial charge >= 0.3 is 12.0 Å². The van der Waals surface area contributed by atoms with E-state index in [9.17, 15) is 19.5 Å². The van der Waals surface area contributed by atoms with E-state index in [4.69, 9.17) is 0 Å². The van der Waals surface area contributed by atoms with Gasteiger partial charge in [-0.2, -0.15) is 0 Å². The molecule has 2 aliphatic rings. The van der Waals surface area contributed by atoms with E-state index < -0.39 is 12.0 Å². The quantitative estimate of drug-likeness (QED) is 0.863. The Hall–Kier alpha value is -2.31. The second-order valence-electron chi connectivity index (χ2n) is 7.25. The van der Waals surface area contributed by atoms with Crippen LogP contribution in [-0.4, -0.2) is 45.7 Å². The van der Waals surface area contributed by atoms with Gasteiger partial charge in [0, 0.05) is 37.3 Å². The van der Waals surface area contributed by atoms with Crippen molar-refractivity contribution in [2.45, 2.75) is 45.2 Å². The van der Waals surface area contributed by atoms with Crippen molar-refractivity contribution in [2.75, 3.05) is 13.1 Å². The third-order valence-corrected chi connectivity index (χ3v) is 5.52. The molecule has 0 radical (unpaired) electrons. The van der Waals surface area contributed by atoms with Gasteiger partial charge in [0.1, 0.15) is 6.04 Å². The number of urea groups is 1. The van der Waals surface area contributed by atoms with Gasteiger partial charge < -0.3 is 19.9 Å². The zero-order valence-electron chi connectivity index (χ0n) is 14.6. The van der Waals surface area contributed by atoms with Gasteiger partial charge in [0.25, 0.3) is 5.56 Å². The molecule has 136 valence electrons. The van der Waals surface area contributed by atoms with Crippen molar-refractivity contribution < 1.29 is 14.7 Å². The number of nitrogens with zero attached hydrogens (tertiary/aromatic N) is 2. The number of likely N-dealkylation sites (tertiary alicyclic amines) is 1. The number of piperidine rings is 1. The summed E-state index contributed by atoms with van der Waals surface area (Å²) in [6.07, 6.45) is 1.64. The first-order chi connectivity index (χ1) is 11.9.